The van der Waals surface area contributed by atoms with E-state index in [9.17, 15) is 23.7 Å². The van der Waals surface area contributed by atoms with Crippen molar-refractivity contribution < 1.29 is 37.4 Å². The molecule has 0 saturated carbocycles. The number of aliphatic hydroxyl groups is 1. The molecular formula is C21H27FN3O8PS. The van der Waals surface area contributed by atoms with Crippen molar-refractivity contribution in [3.05, 3.63) is 57.7 Å². The number of hydrogen-bond donors (Lipinski definition) is 3. The van der Waals surface area contributed by atoms with E-state index >= 15 is 0 Å². The number of aliphatic hydroxyl groups excluding tert-OH is 1. The number of nitrogens with zero attached hydrogens (tertiary/aromatic N) is 1. The minimum Gasteiger partial charge on any atom is -0.462 e. The highest BCUT2D eigenvalue weighted by Crippen LogP contribution is 2.46. The van der Waals surface area contributed by atoms with Gasteiger partial charge in [0.25, 0.3) is 0 Å². The summed E-state index contributed by atoms with van der Waals surface area (Å²) in [6, 6.07) is 8.31. The first-order valence-electron chi connectivity index (χ1n) is 10.8. The number of para-hydroxylation sites is 1. The van der Waals surface area contributed by atoms with Crippen molar-refractivity contribution in [2.24, 2.45) is 0 Å². The van der Waals surface area contributed by atoms with Gasteiger partial charge in [-0.25, -0.2) is 13.8 Å². The first-order chi connectivity index (χ1) is 16.5. The van der Waals surface area contributed by atoms with Gasteiger partial charge in [-0.2, -0.15) is 5.09 Å². The van der Waals surface area contributed by atoms with Crippen LogP contribution in [0.5, 0.6) is 5.75 Å². The zero-order valence-electron chi connectivity index (χ0n) is 19.2. The number of carbonyl (C=O) groups is 1. The molecule has 0 radical (unpaired) electrons. The highest BCUT2D eigenvalue weighted by Gasteiger charge is 2.47. The Hall–Kier alpha value is -2.41. The summed E-state index contributed by atoms with van der Waals surface area (Å²) < 4.78 is 51.0. The number of nitrogens with one attached hydrogen (secondary N) is 2. The van der Waals surface area contributed by atoms with Gasteiger partial charge in [0.05, 0.1) is 12.7 Å². The minimum atomic E-state index is -4.27. The molecule has 0 spiro atoms. The van der Waals surface area contributed by atoms with E-state index in [1.807, 2.05) is 0 Å². The number of ether oxygens (including phenoxy) is 2. The first kappa shape index (κ1) is 27.2. The standard InChI is InChI=1S/C21H27FN3O8PS/c1-12(2)31-20(27)13(3)24-34(29,33-14-7-5-4-6-8-14)30-11-15-17(22)18(26)19(32-15)25-10-9-16(35)23-21(25)28/h4-10,12-13,15,17-19,26H,11H2,1-3H3,(H,24,29)(H,23,28,35)/t13-,15+,17-,18-,19+,34?/m0/s1. The van der Waals surface area contributed by atoms with Crippen LogP contribution in [-0.2, 0) is 23.4 Å². The Balaban J connectivity index is 1.75. The van der Waals surface area contributed by atoms with Crippen LogP contribution in [0.3, 0.4) is 0 Å². The summed E-state index contributed by atoms with van der Waals surface area (Å²) in [7, 11) is -4.27. The smallest absolute Gasteiger partial charge is 0.459 e. The molecule has 192 valence electrons. The molecule has 3 rings (SSSR count). The lowest BCUT2D eigenvalue weighted by Crippen LogP contribution is -2.37. The largest absolute Gasteiger partial charge is 0.462 e. The van der Waals surface area contributed by atoms with Crippen LogP contribution in [0.15, 0.2) is 47.4 Å². The molecule has 1 unspecified atom stereocenters. The third-order valence-electron chi connectivity index (χ3n) is 4.85. The number of halogens is 1. The molecule has 2 heterocycles. The second kappa shape index (κ2) is 11.5. The summed E-state index contributed by atoms with van der Waals surface area (Å²) in [4.78, 5) is 26.7. The first-order valence-corrected chi connectivity index (χ1v) is 12.7. The van der Waals surface area contributed by atoms with Crippen LogP contribution < -0.4 is 15.3 Å². The number of esters is 1. The van der Waals surface area contributed by atoms with Crippen molar-refractivity contribution in [1.29, 1.82) is 0 Å². The molecule has 3 N–H and O–H groups in total. The average Bonchev–Trinajstić information content (AvgIpc) is 3.06. The van der Waals surface area contributed by atoms with E-state index < -0.39 is 62.8 Å². The summed E-state index contributed by atoms with van der Waals surface area (Å²) in [5.41, 5.74) is -0.701. The van der Waals surface area contributed by atoms with E-state index in [4.69, 9.17) is 30.7 Å². The fourth-order valence-corrected chi connectivity index (χ4v) is 4.86. The van der Waals surface area contributed by atoms with Crippen LogP contribution in [-0.4, -0.2) is 57.8 Å². The monoisotopic (exact) mass is 531 g/mol. The van der Waals surface area contributed by atoms with Crippen molar-refractivity contribution in [3.8, 4) is 5.75 Å². The highest BCUT2D eigenvalue weighted by molar-refractivity contribution is 7.71. The van der Waals surface area contributed by atoms with E-state index in [1.54, 1.807) is 32.0 Å². The zero-order valence-corrected chi connectivity index (χ0v) is 20.9. The number of hydrogen-bond acceptors (Lipinski definition) is 9. The molecule has 0 aliphatic carbocycles. The number of aromatic amines is 1. The molecule has 1 aliphatic rings. The van der Waals surface area contributed by atoms with E-state index in [1.165, 1.54) is 31.3 Å². The summed E-state index contributed by atoms with van der Waals surface area (Å²) in [5, 5.41) is 12.8. The van der Waals surface area contributed by atoms with E-state index in [-0.39, 0.29) is 10.4 Å². The average molecular weight is 531 g/mol. The van der Waals surface area contributed by atoms with Crippen molar-refractivity contribution in [3.63, 3.8) is 0 Å². The molecule has 1 aromatic carbocycles. The van der Waals surface area contributed by atoms with Crippen molar-refractivity contribution >= 4 is 25.9 Å². The molecule has 1 aromatic heterocycles. The molecule has 1 fully saturated rings. The maximum Gasteiger partial charge on any atom is 0.459 e. The lowest BCUT2D eigenvalue weighted by molar-refractivity contribution is -0.149. The van der Waals surface area contributed by atoms with Crippen LogP contribution in [0.4, 0.5) is 4.39 Å². The Morgan fingerprint density at radius 3 is 2.63 bits per heavy atom. The van der Waals surface area contributed by atoms with Gasteiger partial charge in [0.1, 0.15) is 28.6 Å². The Morgan fingerprint density at radius 1 is 1.31 bits per heavy atom. The van der Waals surface area contributed by atoms with Crippen molar-refractivity contribution in [2.45, 2.75) is 57.5 Å². The predicted octanol–water partition coefficient (Wildman–Crippen LogP) is 2.64. The third kappa shape index (κ3) is 7.06. The third-order valence-corrected chi connectivity index (χ3v) is 6.73. The maximum atomic E-state index is 14.8. The van der Waals surface area contributed by atoms with Gasteiger partial charge in [-0.15, -0.1) is 0 Å². The Labute approximate surface area is 205 Å². The normalized spacial score (nSPS) is 24.6. The molecule has 6 atom stereocenters. The molecule has 0 amide bonds. The molecule has 35 heavy (non-hydrogen) atoms. The van der Waals surface area contributed by atoms with Gasteiger partial charge < -0.3 is 19.1 Å². The number of alkyl halides is 1. The summed E-state index contributed by atoms with van der Waals surface area (Å²) in [6.07, 6.45) is -5.62. The van der Waals surface area contributed by atoms with Crippen molar-refractivity contribution in [2.75, 3.05) is 6.61 Å². The lowest BCUT2D eigenvalue weighted by atomic mass is 10.1. The SMILES string of the molecule is CC(C)OC(=O)[C@H](C)NP(=O)(OC[C@H]1O[C@@H](n2ccc(=S)[nH]c2=O)[C@@H](O)[C@H]1F)Oc1ccccc1. The zero-order chi connectivity index (χ0) is 25.8. The van der Waals surface area contributed by atoms with Gasteiger partial charge in [-0.3, -0.25) is 18.9 Å². The Bertz CT molecular complexity index is 1180. The van der Waals surface area contributed by atoms with E-state index in [0.29, 0.717) is 0 Å². The summed E-state index contributed by atoms with van der Waals surface area (Å²) in [6.45, 7) is 4.10. The second-order valence-electron chi connectivity index (χ2n) is 8.05. The minimum absolute atomic E-state index is 0.158. The number of H-pyrrole nitrogens is 1. The van der Waals surface area contributed by atoms with Gasteiger partial charge in [0.15, 0.2) is 12.4 Å². The number of aromatic nitrogens is 2. The van der Waals surface area contributed by atoms with Crippen LogP contribution >= 0.6 is 20.0 Å². The Kier molecular flexibility index (Phi) is 8.97. The topological polar surface area (TPSA) is 141 Å². The molecule has 1 saturated heterocycles. The number of carbonyl (C=O) groups excluding carboxylic acids is 1. The number of benzene rings is 1. The highest BCUT2D eigenvalue weighted by atomic mass is 32.1. The molecule has 11 nitrogen and oxygen atoms in total. The van der Waals surface area contributed by atoms with Crippen molar-refractivity contribution in [1.82, 2.24) is 14.6 Å². The molecule has 2 aromatic rings. The van der Waals surface area contributed by atoms with Crippen LogP contribution in [0.1, 0.15) is 27.0 Å². The molecule has 0 bridgehead atoms. The summed E-state index contributed by atoms with van der Waals surface area (Å²) >= 11 is 4.87. The maximum absolute atomic E-state index is 14.8. The van der Waals surface area contributed by atoms with Crippen LogP contribution in [0, 0.1) is 4.64 Å². The fourth-order valence-electron chi connectivity index (χ4n) is 3.21. The van der Waals surface area contributed by atoms with Gasteiger partial charge in [0, 0.05) is 6.20 Å². The van der Waals surface area contributed by atoms with E-state index in [2.05, 4.69) is 10.1 Å². The molecule has 1 aliphatic heterocycles. The fraction of sp³-hybridized carbons (Fsp3) is 0.476. The van der Waals surface area contributed by atoms with Crippen LogP contribution in [0.25, 0.3) is 0 Å². The van der Waals surface area contributed by atoms with Gasteiger partial charge in [-0.05, 0) is 39.0 Å². The van der Waals surface area contributed by atoms with Gasteiger partial charge >= 0.3 is 19.4 Å². The predicted molar refractivity (Wildman–Crippen MR) is 125 cm³/mol. The lowest BCUT2D eigenvalue weighted by Gasteiger charge is -2.24. The second-order valence-corrected chi connectivity index (χ2v) is 10.2. The van der Waals surface area contributed by atoms with Gasteiger partial charge in [-0.1, -0.05) is 30.4 Å². The summed E-state index contributed by atoms with van der Waals surface area (Å²) in [5.74, 6) is -0.529. The van der Waals surface area contributed by atoms with Crippen LogP contribution in [0.2, 0.25) is 0 Å². The quantitative estimate of drug-likeness (QED) is 0.238. The number of rotatable bonds is 10. The Morgan fingerprint density at radius 2 is 2.00 bits per heavy atom. The molecule has 14 heteroatoms. The van der Waals surface area contributed by atoms with E-state index in [0.717, 1.165) is 4.57 Å². The molecular weight excluding hydrogens is 504 g/mol. The van der Waals surface area contributed by atoms with Gasteiger partial charge in [0.2, 0.25) is 0 Å².